The number of nitrogens with zero attached hydrogens (tertiary/aromatic N) is 5. The van der Waals surface area contributed by atoms with Crippen molar-refractivity contribution in [2.45, 2.75) is 13.1 Å². The van der Waals surface area contributed by atoms with E-state index < -0.39 is 0 Å². The van der Waals surface area contributed by atoms with Crippen molar-refractivity contribution in [3.05, 3.63) is 59.5 Å². The predicted octanol–water partition coefficient (Wildman–Crippen LogP) is 2.12. The molecule has 5 rings (SSSR count). The fourth-order valence-corrected chi connectivity index (χ4v) is 3.48. The lowest BCUT2D eigenvalue weighted by atomic mass is 10.1. The van der Waals surface area contributed by atoms with Crippen LogP contribution in [0.15, 0.2) is 47.1 Å². The van der Waals surface area contributed by atoms with Gasteiger partial charge >= 0.3 is 0 Å². The summed E-state index contributed by atoms with van der Waals surface area (Å²) in [6.45, 7) is 3.85. The summed E-state index contributed by atoms with van der Waals surface area (Å²) in [5.74, 6) is 1.11. The van der Waals surface area contributed by atoms with E-state index in [4.69, 9.17) is 9.26 Å². The summed E-state index contributed by atoms with van der Waals surface area (Å²) in [5, 5.41) is 3.97. The van der Waals surface area contributed by atoms with Crippen LogP contribution in [0.5, 0.6) is 0 Å². The highest BCUT2D eigenvalue weighted by atomic mass is 16.5. The van der Waals surface area contributed by atoms with Crippen molar-refractivity contribution in [1.29, 1.82) is 0 Å². The first-order chi connectivity index (χ1) is 13.8. The molecule has 0 radical (unpaired) electrons. The van der Waals surface area contributed by atoms with E-state index in [1.807, 2.05) is 36.5 Å². The summed E-state index contributed by atoms with van der Waals surface area (Å²) in [6, 6.07) is 11.3. The number of benzene rings is 1. The Bertz CT molecular complexity index is 998. The van der Waals surface area contributed by atoms with Crippen LogP contribution < -0.4 is 4.90 Å². The van der Waals surface area contributed by atoms with Gasteiger partial charge in [-0.1, -0.05) is 35.5 Å². The Kier molecular flexibility index (Phi) is 4.25. The van der Waals surface area contributed by atoms with Crippen molar-refractivity contribution < 1.29 is 14.1 Å². The van der Waals surface area contributed by atoms with Crippen LogP contribution in [0.2, 0.25) is 0 Å². The average molecular weight is 377 g/mol. The highest BCUT2D eigenvalue weighted by Crippen LogP contribution is 2.26. The second-order valence-corrected chi connectivity index (χ2v) is 6.84. The molecule has 1 fully saturated rings. The maximum absolute atomic E-state index is 12.9. The molecule has 0 aliphatic carbocycles. The number of carbonyl (C=O) groups is 1. The Morgan fingerprint density at radius 1 is 1.07 bits per heavy atom. The monoisotopic (exact) mass is 377 g/mol. The summed E-state index contributed by atoms with van der Waals surface area (Å²) in [4.78, 5) is 25.9. The Morgan fingerprint density at radius 2 is 1.89 bits per heavy atom. The van der Waals surface area contributed by atoms with Crippen LogP contribution in [0.25, 0.3) is 11.3 Å². The minimum absolute atomic E-state index is 0.170. The number of hydrogen-bond acceptors (Lipinski definition) is 7. The van der Waals surface area contributed by atoms with Crippen LogP contribution in [0, 0.1) is 0 Å². The maximum atomic E-state index is 12.9. The maximum Gasteiger partial charge on any atom is 0.276 e. The summed E-state index contributed by atoms with van der Waals surface area (Å²) < 4.78 is 10.7. The van der Waals surface area contributed by atoms with Gasteiger partial charge in [0.15, 0.2) is 11.5 Å². The van der Waals surface area contributed by atoms with Gasteiger partial charge in [-0.2, -0.15) is 0 Å². The lowest BCUT2D eigenvalue weighted by Crippen LogP contribution is -2.37. The summed E-state index contributed by atoms with van der Waals surface area (Å²) in [5.41, 5.74) is 3.04. The highest BCUT2D eigenvalue weighted by molar-refractivity contribution is 5.93. The first-order valence-corrected chi connectivity index (χ1v) is 9.27. The number of anilines is 1. The smallest absolute Gasteiger partial charge is 0.276 e. The number of ether oxygens (including phenoxy) is 1. The van der Waals surface area contributed by atoms with Crippen LogP contribution in [-0.2, 0) is 17.8 Å². The fourth-order valence-electron chi connectivity index (χ4n) is 3.48. The third kappa shape index (κ3) is 3.11. The number of carbonyl (C=O) groups excluding carboxylic acids is 1. The predicted molar refractivity (Wildman–Crippen MR) is 101 cm³/mol. The standard InChI is InChI=1S/C20H19N5O3/c26-19(16-10-18(28-23-16)14-4-2-1-3-5-14)25-12-15-11-21-20(22-17(15)13-25)24-6-8-27-9-7-24/h1-5,10-11H,6-9,12-13H2. The largest absolute Gasteiger partial charge is 0.378 e. The van der Waals surface area contributed by atoms with Gasteiger partial charge in [-0.05, 0) is 0 Å². The van der Waals surface area contributed by atoms with Crippen LogP contribution in [0.4, 0.5) is 5.95 Å². The van der Waals surface area contributed by atoms with E-state index in [-0.39, 0.29) is 5.91 Å². The first-order valence-electron chi connectivity index (χ1n) is 9.27. The zero-order valence-corrected chi connectivity index (χ0v) is 15.2. The molecule has 2 aliphatic heterocycles. The number of amides is 1. The van der Waals surface area contributed by atoms with E-state index in [0.717, 1.165) is 29.9 Å². The van der Waals surface area contributed by atoms with Crippen molar-refractivity contribution in [3.63, 3.8) is 0 Å². The third-order valence-corrected chi connectivity index (χ3v) is 5.01. The molecule has 0 unspecified atom stereocenters. The third-order valence-electron chi connectivity index (χ3n) is 5.01. The minimum Gasteiger partial charge on any atom is -0.378 e. The Balaban J connectivity index is 1.32. The fraction of sp³-hybridized carbons (Fsp3) is 0.300. The van der Waals surface area contributed by atoms with E-state index in [1.165, 1.54) is 0 Å². The van der Waals surface area contributed by atoms with Gasteiger partial charge < -0.3 is 19.1 Å². The molecule has 1 saturated heterocycles. The molecule has 0 spiro atoms. The summed E-state index contributed by atoms with van der Waals surface area (Å²) in [7, 11) is 0. The lowest BCUT2D eigenvalue weighted by molar-refractivity contribution is 0.0740. The number of fused-ring (bicyclic) bond motifs is 1. The van der Waals surface area contributed by atoms with Crippen LogP contribution in [0.3, 0.4) is 0 Å². The number of rotatable bonds is 3. The van der Waals surface area contributed by atoms with Crippen molar-refractivity contribution in [2.75, 3.05) is 31.2 Å². The molecule has 0 N–H and O–H groups in total. The van der Waals surface area contributed by atoms with Crippen LogP contribution >= 0.6 is 0 Å². The van der Waals surface area contributed by atoms with Gasteiger partial charge in [0.2, 0.25) is 5.95 Å². The number of aromatic nitrogens is 3. The number of hydrogen-bond donors (Lipinski definition) is 0. The summed E-state index contributed by atoms with van der Waals surface area (Å²) in [6.07, 6.45) is 1.82. The molecule has 0 bridgehead atoms. The van der Waals surface area contributed by atoms with E-state index in [2.05, 4.69) is 20.0 Å². The van der Waals surface area contributed by atoms with E-state index in [1.54, 1.807) is 11.0 Å². The molecule has 8 nitrogen and oxygen atoms in total. The average Bonchev–Trinajstić information content (AvgIpc) is 3.41. The SMILES string of the molecule is O=C(c1cc(-c2ccccc2)on1)N1Cc2cnc(N3CCOCC3)nc2C1. The summed E-state index contributed by atoms with van der Waals surface area (Å²) >= 11 is 0. The quantitative estimate of drug-likeness (QED) is 0.691. The second kappa shape index (κ2) is 7.05. The van der Waals surface area contributed by atoms with Crippen LogP contribution in [-0.4, -0.2) is 52.2 Å². The molecule has 0 atom stereocenters. The molecule has 3 aromatic rings. The number of morpholine rings is 1. The van der Waals surface area contributed by atoms with Crippen molar-refractivity contribution >= 4 is 11.9 Å². The van der Waals surface area contributed by atoms with Crippen molar-refractivity contribution in [2.24, 2.45) is 0 Å². The van der Waals surface area contributed by atoms with Crippen molar-refractivity contribution in [1.82, 2.24) is 20.0 Å². The highest BCUT2D eigenvalue weighted by Gasteiger charge is 2.29. The van der Waals surface area contributed by atoms with Gasteiger partial charge in [0, 0.05) is 43.0 Å². The zero-order valence-electron chi connectivity index (χ0n) is 15.2. The Morgan fingerprint density at radius 3 is 2.71 bits per heavy atom. The van der Waals surface area contributed by atoms with Gasteiger partial charge in [-0.15, -0.1) is 0 Å². The topological polar surface area (TPSA) is 84.6 Å². The van der Waals surface area contributed by atoms with E-state index in [0.29, 0.717) is 43.7 Å². The first kappa shape index (κ1) is 16.9. The molecule has 1 aromatic carbocycles. The molecule has 2 aromatic heterocycles. The molecule has 142 valence electrons. The molecule has 28 heavy (non-hydrogen) atoms. The molecule has 0 saturated carbocycles. The van der Waals surface area contributed by atoms with E-state index >= 15 is 0 Å². The van der Waals surface area contributed by atoms with Crippen LogP contribution in [0.1, 0.15) is 21.7 Å². The Hall–Kier alpha value is -3.26. The van der Waals surface area contributed by atoms with Gasteiger partial charge in [0.25, 0.3) is 5.91 Å². The Labute approximate surface area is 161 Å². The molecule has 1 amide bonds. The van der Waals surface area contributed by atoms with Gasteiger partial charge in [-0.25, -0.2) is 9.97 Å². The molecule has 2 aliphatic rings. The molecular weight excluding hydrogens is 358 g/mol. The lowest BCUT2D eigenvalue weighted by Gasteiger charge is -2.26. The molecule has 8 heteroatoms. The van der Waals surface area contributed by atoms with Gasteiger partial charge in [0.1, 0.15) is 0 Å². The second-order valence-electron chi connectivity index (χ2n) is 6.84. The van der Waals surface area contributed by atoms with Gasteiger partial charge in [-0.3, -0.25) is 4.79 Å². The zero-order chi connectivity index (χ0) is 18.9. The molecule has 4 heterocycles. The molecular formula is C20H19N5O3. The minimum atomic E-state index is -0.170. The van der Waals surface area contributed by atoms with E-state index in [9.17, 15) is 4.79 Å². The van der Waals surface area contributed by atoms with Gasteiger partial charge in [0.05, 0.1) is 25.5 Å². The normalized spacial score (nSPS) is 16.3. The van der Waals surface area contributed by atoms with Crippen molar-refractivity contribution in [3.8, 4) is 11.3 Å².